The van der Waals surface area contributed by atoms with Crippen molar-refractivity contribution in [3.05, 3.63) is 41.6 Å². The number of fused-ring (bicyclic) bond motifs is 1. The molecule has 0 saturated heterocycles. The van der Waals surface area contributed by atoms with Crippen LogP contribution < -0.4 is 10.6 Å². The quantitative estimate of drug-likeness (QED) is 0.766. The summed E-state index contributed by atoms with van der Waals surface area (Å²) >= 11 is 0. The number of benzene rings is 1. The smallest absolute Gasteiger partial charge is 0.224 e. The Hall–Kier alpha value is -2.63. The lowest BCUT2D eigenvalue weighted by molar-refractivity contribution is 0.478. The zero-order valence-electron chi connectivity index (χ0n) is 12.3. The molecule has 0 saturated carbocycles. The highest BCUT2D eigenvalue weighted by molar-refractivity contribution is 5.89. The second kappa shape index (κ2) is 5.40. The molecule has 0 aliphatic carbocycles. The topological polar surface area (TPSA) is 75.9 Å². The summed E-state index contributed by atoms with van der Waals surface area (Å²) < 4.78 is 5.57. The van der Waals surface area contributed by atoms with Crippen molar-refractivity contribution < 1.29 is 4.42 Å². The van der Waals surface area contributed by atoms with Gasteiger partial charge in [-0.15, -0.1) is 0 Å². The van der Waals surface area contributed by atoms with Gasteiger partial charge in [-0.05, 0) is 26.0 Å². The Balaban J connectivity index is 1.92. The number of anilines is 2. The van der Waals surface area contributed by atoms with E-state index in [2.05, 4.69) is 25.6 Å². The number of oxazole rings is 1. The van der Waals surface area contributed by atoms with Gasteiger partial charge in [0.1, 0.15) is 11.6 Å². The van der Waals surface area contributed by atoms with Crippen LogP contribution in [0.5, 0.6) is 0 Å². The molecule has 0 atom stereocenters. The standard InChI is InChI=1S/C15H17N5O/c1-9-10(2)21-13(18-9)8-17-14-11-6-4-5-7-12(11)19-15(16-3)20-14/h4-7H,8H2,1-3H3,(H2,16,17,19,20). The van der Waals surface area contributed by atoms with E-state index in [-0.39, 0.29) is 0 Å². The van der Waals surface area contributed by atoms with Crippen LogP contribution in [0.15, 0.2) is 28.7 Å². The lowest BCUT2D eigenvalue weighted by Gasteiger charge is -2.09. The van der Waals surface area contributed by atoms with E-state index in [9.17, 15) is 0 Å². The number of nitrogens with zero attached hydrogens (tertiary/aromatic N) is 3. The molecular formula is C15H17N5O. The molecule has 3 aromatic rings. The molecule has 1 aromatic carbocycles. The summed E-state index contributed by atoms with van der Waals surface area (Å²) in [7, 11) is 1.80. The molecule has 6 nitrogen and oxygen atoms in total. The Bertz CT molecular complexity index is 761. The lowest BCUT2D eigenvalue weighted by atomic mass is 10.2. The van der Waals surface area contributed by atoms with Crippen LogP contribution in [0, 0.1) is 13.8 Å². The van der Waals surface area contributed by atoms with Gasteiger partial charge in [-0.2, -0.15) is 4.98 Å². The van der Waals surface area contributed by atoms with Crippen LogP contribution in [-0.4, -0.2) is 22.0 Å². The average Bonchev–Trinajstić information content (AvgIpc) is 2.83. The van der Waals surface area contributed by atoms with E-state index in [1.807, 2.05) is 38.1 Å². The summed E-state index contributed by atoms with van der Waals surface area (Å²) in [5.74, 6) is 2.84. The van der Waals surface area contributed by atoms with Crippen molar-refractivity contribution >= 4 is 22.7 Å². The highest BCUT2D eigenvalue weighted by Gasteiger charge is 2.09. The van der Waals surface area contributed by atoms with Crippen LogP contribution in [0.1, 0.15) is 17.3 Å². The lowest BCUT2D eigenvalue weighted by Crippen LogP contribution is -2.05. The van der Waals surface area contributed by atoms with Crippen molar-refractivity contribution in [3.63, 3.8) is 0 Å². The number of nitrogens with one attached hydrogen (secondary N) is 2. The van der Waals surface area contributed by atoms with Crippen molar-refractivity contribution in [2.45, 2.75) is 20.4 Å². The van der Waals surface area contributed by atoms with E-state index in [0.29, 0.717) is 18.4 Å². The number of para-hydroxylation sites is 1. The Labute approximate surface area is 122 Å². The maximum atomic E-state index is 5.57. The maximum Gasteiger partial charge on any atom is 0.224 e. The Morgan fingerprint density at radius 2 is 1.90 bits per heavy atom. The van der Waals surface area contributed by atoms with Crippen LogP contribution >= 0.6 is 0 Å². The molecule has 0 aliphatic rings. The highest BCUT2D eigenvalue weighted by Crippen LogP contribution is 2.22. The third-order valence-electron chi connectivity index (χ3n) is 3.31. The van der Waals surface area contributed by atoms with Gasteiger partial charge in [0.2, 0.25) is 11.8 Å². The summed E-state index contributed by atoms with van der Waals surface area (Å²) in [5.41, 5.74) is 1.80. The molecule has 0 bridgehead atoms. The fraction of sp³-hybridized carbons (Fsp3) is 0.267. The van der Waals surface area contributed by atoms with Gasteiger partial charge in [0.15, 0.2) is 0 Å². The van der Waals surface area contributed by atoms with Gasteiger partial charge in [-0.1, -0.05) is 12.1 Å². The normalized spacial score (nSPS) is 10.8. The Morgan fingerprint density at radius 1 is 1.10 bits per heavy atom. The monoisotopic (exact) mass is 283 g/mol. The first-order valence-electron chi connectivity index (χ1n) is 6.78. The molecule has 0 radical (unpaired) electrons. The molecule has 3 rings (SSSR count). The van der Waals surface area contributed by atoms with E-state index < -0.39 is 0 Å². The third kappa shape index (κ3) is 2.65. The molecule has 2 aromatic heterocycles. The zero-order valence-corrected chi connectivity index (χ0v) is 12.3. The molecule has 2 heterocycles. The van der Waals surface area contributed by atoms with Gasteiger partial charge in [0.25, 0.3) is 0 Å². The van der Waals surface area contributed by atoms with Gasteiger partial charge in [0.05, 0.1) is 17.8 Å². The Kier molecular flexibility index (Phi) is 3.43. The highest BCUT2D eigenvalue weighted by atomic mass is 16.4. The van der Waals surface area contributed by atoms with Crippen molar-refractivity contribution in [1.82, 2.24) is 15.0 Å². The summed E-state index contributed by atoms with van der Waals surface area (Å²) in [6.07, 6.45) is 0. The second-order valence-corrected chi connectivity index (χ2v) is 4.77. The van der Waals surface area contributed by atoms with Crippen molar-refractivity contribution in [3.8, 4) is 0 Å². The molecule has 0 amide bonds. The maximum absolute atomic E-state index is 5.57. The molecule has 0 aliphatic heterocycles. The van der Waals surface area contributed by atoms with E-state index >= 15 is 0 Å². The van der Waals surface area contributed by atoms with Crippen molar-refractivity contribution in [2.75, 3.05) is 17.7 Å². The summed E-state index contributed by atoms with van der Waals surface area (Å²) in [4.78, 5) is 13.2. The van der Waals surface area contributed by atoms with Crippen LogP contribution in [-0.2, 0) is 6.54 Å². The van der Waals surface area contributed by atoms with Gasteiger partial charge in [0, 0.05) is 12.4 Å². The van der Waals surface area contributed by atoms with Gasteiger partial charge in [-0.25, -0.2) is 9.97 Å². The minimum atomic E-state index is 0.485. The average molecular weight is 283 g/mol. The van der Waals surface area contributed by atoms with E-state index in [4.69, 9.17) is 4.42 Å². The molecule has 0 spiro atoms. The molecule has 2 N–H and O–H groups in total. The number of hydrogen-bond acceptors (Lipinski definition) is 6. The first kappa shape index (κ1) is 13.4. The summed E-state index contributed by atoms with van der Waals surface area (Å²) in [6.45, 7) is 4.32. The minimum absolute atomic E-state index is 0.485. The molecule has 0 unspecified atom stereocenters. The number of aromatic nitrogens is 3. The predicted molar refractivity (Wildman–Crippen MR) is 82.4 cm³/mol. The second-order valence-electron chi connectivity index (χ2n) is 4.77. The van der Waals surface area contributed by atoms with E-state index in [1.54, 1.807) is 7.05 Å². The van der Waals surface area contributed by atoms with Crippen LogP contribution in [0.3, 0.4) is 0 Å². The fourth-order valence-electron chi connectivity index (χ4n) is 2.10. The third-order valence-corrected chi connectivity index (χ3v) is 3.31. The van der Waals surface area contributed by atoms with Gasteiger partial charge in [-0.3, -0.25) is 0 Å². The van der Waals surface area contributed by atoms with Crippen LogP contribution in [0.4, 0.5) is 11.8 Å². The molecule has 21 heavy (non-hydrogen) atoms. The number of hydrogen-bond donors (Lipinski definition) is 2. The fourth-order valence-corrected chi connectivity index (χ4v) is 2.10. The van der Waals surface area contributed by atoms with Crippen LogP contribution in [0.2, 0.25) is 0 Å². The van der Waals surface area contributed by atoms with Crippen molar-refractivity contribution in [2.24, 2.45) is 0 Å². The SMILES string of the molecule is CNc1nc(NCc2nc(C)c(C)o2)c2ccccc2n1. The predicted octanol–water partition coefficient (Wildman–Crippen LogP) is 2.89. The van der Waals surface area contributed by atoms with E-state index in [0.717, 1.165) is 28.2 Å². The van der Waals surface area contributed by atoms with E-state index in [1.165, 1.54) is 0 Å². The Morgan fingerprint density at radius 3 is 2.62 bits per heavy atom. The number of aryl methyl sites for hydroxylation is 2. The van der Waals surface area contributed by atoms with Gasteiger partial charge < -0.3 is 15.1 Å². The number of rotatable bonds is 4. The first-order chi connectivity index (χ1) is 10.2. The minimum Gasteiger partial charge on any atom is -0.444 e. The molecule has 108 valence electrons. The molecule has 6 heteroatoms. The molecule has 0 fully saturated rings. The van der Waals surface area contributed by atoms with Gasteiger partial charge >= 0.3 is 0 Å². The largest absolute Gasteiger partial charge is 0.444 e. The van der Waals surface area contributed by atoms with Crippen molar-refractivity contribution in [1.29, 1.82) is 0 Å². The molecular weight excluding hydrogens is 266 g/mol. The zero-order chi connectivity index (χ0) is 14.8. The summed E-state index contributed by atoms with van der Waals surface area (Å²) in [6, 6.07) is 7.88. The van der Waals surface area contributed by atoms with Crippen LogP contribution in [0.25, 0.3) is 10.9 Å². The summed E-state index contributed by atoms with van der Waals surface area (Å²) in [5, 5.41) is 7.21. The first-order valence-corrected chi connectivity index (χ1v) is 6.78.